The van der Waals surface area contributed by atoms with Gasteiger partial charge in [0.05, 0.1) is 12.1 Å². The van der Waals surface area contributed by atoms with Crippen LogP contribution in [0.5, 0.6) is 11.5 Å². The number of rotatable bonds is 8. The van der Waals surface area contributed by atoms with Gasteiger partial charge in [0.25, 0.3) is 0 Å². The van der Waals surface area contributed by atoms with E-state index in [9.17, 15) is 10.2 Å². The first kappa shape index (κ1) is 41.8. The molecule has 0 spiro atoms. The second-order valence-electron chi connectivity index (χ2n) is 16.9. The van der Waals surface area contributed by atoms with E-state index in [1.807, 2.05) is 48.8 Å². The summed E-state index contributed by atoms with van der Waals surface area (Å²) in [5.41, 5.74) is 9.27. The van der Waals surface area contributed by atoms with Crippen molar-refractivity contribution in [2.75, 3.05) is 0 Å². The minimum absolute atomic E-state index is 0. The fraction of sp³-hybridized carbons (Fsp3) is 0.100. The molecule has 0 amide bonds. The molecule has 316 valence electrons. The minimum Gasteiger partial charge on any atom is -0.507 e. The Kier molecular flexibility index (Phi) is 11.7. The molecule has 65 heavy (non-hydrogen) atoms. The van der Waals surface area contributed by atoms with E-state index in [1.165, 1.54) is 0 Å². The van der Waals surface area contributed by atoms with Crippen molar-refractivity contribution >= 4 is 55.5 Å². The Labute approximate surface area is 392 Å². The SMILES string of the molecule is Oc1c(C=N[C@H]2CCCC[C@@H]2N=Cc2cc3ccccc3c(-c3c(-c4ccccc4)ccc4ccccc34)c2O)cc2ccccc2c1-c1c(-c2ccccc2)ccc2ccccc12.[Ru]. The van der Waals surface area contributed by atoms with E-state index in [0.29, 0.717) is 11.1 Å². The molecule has 2 N–H and O–H groups in total. The Hall–Kier alpha value is -7.20. The van der Waals surface area contributed by atoms with Crippen molar-refractivity contribution in [1.29, 1.82) is 0 Å². The van der Waals surface area contributed by atoms with Crippen molar-refractivity contribution in [3.05, 3.63) is 205 Å². The van der Waals surface area contributed by atoms with Crippen LogP contribution in [0, 0.1) is 0 Å². The second-order valence-corrected chi connectivity index (χ2v) is 16.9. The van der Waals surface area contributed by atoms with Gasteiger partial charge in [-0.25, -0.2) is 0 Å². The molecule has 11 rings (SSSR count). The zero-order chi connectivity index (χ0) is 43.0. The van der Waals surface area contributed by atoms with E-state index in [-0.39, 0.29) is 43.1 Å². The Morgan fingerprint density at radius 1 is 0.369 bits per heavy atom. The van der Waals surface area contributed by atoms with Gasteiger partial charge in [-0.05, 0) is 90.3 Å². The molecule has 5 heteroatoms. The largest absolute Gasteiger partial charge is 0.507 e. The molecule has 0 saturated heterocycles. The van der Waals surface area contributed by atoms with Crippen molar-refractivity contribution in [3.63, 3.8) is 0 Å². The van der Waals surface area contributed by atoms with Gasteiger partial charge in [-0.15, -0.1) is 0 Å². The first-order valence-corrected chi connectivity index (χ1v) is 22.3. The van der Waals surface area contributed by atoms with Gasteiger partial charge < -0.3 is 10.2 Å². The van der Waals surface area contributed by atoms with Crippen molar-refractivity contribution in [2.24, 2.45) is 9.98 Å². The first-order chi connectivity index (χ1) is 31.6. The molecule has 1 aliphatic carbocycles. The van der Waals surface area contributed by atoms with Crippen molar-refractivity contribution in [1.82, 2.24) is 0 Å². The monoisotopic (exact) mass is 928 g/mol. The van der Waals surface area contributed by atoms with E-state index in [2.05, 4.69) is 158 Å². The van der Waals surface area contributed by atoms with Gasteiger partial charge in [-0.3, -0.25) is 9.98 Å². The molecule has 10 aromatic carbocycles. The Morgan fingerprint density at radius 3 is 1.11 bits per heavy atom. The average molecular weight is 928 g/mol. The van der Waals surface area contributed by atoms with Crippen LogP contribution in [0.2, 0.25) is 0 Å². The zero-order valence-electron chi connectivity index (χ0n) is 35.8. The summed E-state index contributed by atoms with van der Waals surface area (Å²) in [6, 6.07) is 66.9. The van der Waals surface area contributed by atoms with Crippen LogP contribution < -0.4 is 0 Å². The van der Waals surface area contributed by atoms with Crippen LogP contribution in [0.4, 0.5) is 0 Å². The summed E-state index contributed by atoms with van der Waals surface area (Å²) >= 11 is 0. The molecule has 10 aromatic rings. The van der Waals surface area contributed by atoms with Gasteiger partial charge in [-0.1, -0.05) is 195 Å². The fourth-order valence-corrected chi connectivity index (χ4v) is 10.0. The number of fused-ring (bicyclic) bond motifs is 4. The second kappa shape index (κ2) is 18.1. The summed E-state index contributed by atoms with van der Waals surface area (Å²) < 4.78 is 0. The third-order valence-electron chi connectivity index (χ3n) is 13.1. The summed E-state index contributed by atoms with van der Waals surface area (Å²) in [7, 11) is 0. The molecule has 1 aliphatic rings. The molecule has 1 saturated carbocycles. The maximum absolute atomic E-state index is 12.5. The summed E-state index contributed by atoms with van der Waals surface area (Å²) in [6.45, 7) is 0. The number of phenolic OH excluding ortho intramolecular Hbond substituents is 2. The first-order valence-electron chi connectivity index (χ1n) is 22.3. The van der Waals surface area contributed by atoms with Gasteiger partial charge in [-0.2, -0.15) is 0 Å². The Balaban J connectivity index is 0.00000498. The van der Waals surface area contributed by atoms with Crippen molar-refractivity contribution in [2.45, 2.75) is 37.8 Å². The Morgan fingerprint density at radius 2 is 0.708 bits per heavy atom. The fourth-order valence-electron chi connectivity index (χ4n) is 10.0. The third-order valence-corrected chi connectivity index (χ3v) is 13.1. The molecular weight excluding hydrogens is 882 g/mol. The third kappa shape index (κ3) is 7.81. The van der Waals surface area contributed by atoms with Crippen LogP contribution in [0.1, 0.15) is 36.8 Å². The molecule has 1 fully saturated rings. The Bertz CT molecular complexity index is 3210. The van der Waals surface area contributed by atoms with E-state index in [0.717, 1.165) is 113 Å². The van der Waals surface area contributed by atoms with Crippen LogP contribution in [-0.2, 0) is 19.5 Å². The number of nitrogens with zero attached hydrogens (tertiary/aromatic N) is 2. The van der Waals surface area contributed by atoms with Crippen molar-refractivity contribution < 1.29 is 29.7 Å². The maximum Gasteiger partial charge on any atom is 0.132 e. The van der Waals surface area contributed by atoms with Crippen LogP contribution in [0.25, 0.3) is 87.6 Å². The summed E-state index contributed by atoms with van der Waals surface area (Å²) in [6.07, 6.45) is 7.60. The van der Waals surface area contributed by atoms with Crippen LogP contribution in [0.3, 0.4) is 0 Å². The van der Waals surface area contributed by atoms with E-state index >= 15 is 0 Å². The molecule has 0 aromatic heterocycles. The van der Waals surface area contributed by atoms with E-state index < -0.39 is 0 Å². The molecule has 0 heterocycles. The predicted octanol–water partition coefficient (Wildman–Crippen LogP) is 15.2. The minimum atomic E-state index is -0.0958. The summed E-state index contributed by atoms with van der Waals surface area (Å²) in [5.74, 6) is 0.424. The normalized spacial score (nSPS) is 15.3. The molecule has 4 nitrogen and oxygen atoms in total. The van der Waals surface area contributed by atoms with Gasteiger partial charge in [0.1, 0.15) is 11.5 Å². The topological polar surface area (TPSA) is 65.2 Å². The van der Waals surface area contributed by atoms with Crippen LogP contribution in [0.15, 0.2) is 204 Å². The smallest absolute Gasteiger partial charge is 0.132 e. The number of benzene rings is 10. The zero-order valence-corrected chi connectivity index (χ0v) is 37.5. The predicted molar refractivity (Wildman–Crippen MR) is 269 cm³/mol. The molecule has 2 atom stereocenters. The van der Waals surface area contributed by atoms with Gasteiger partial charge in [0, 0.05) is 65.3 Å². The number of aromatic hydroxyl groups is 2. The summed E-state index contributed by atoms with van der Waals surface area (Å²) in [4.78, 5) is 10.5. The number of phenols is 2. The van der Waals surface area contributed by atoms with Crippen LogP contribution >= 0.6 is 0 Å². The van der Waals surface area contributed by atoms with Gasteiger partial charge in [0.15, 0.2) is 0 Å². The van der Waals surface area contributed by atoms with Gasteiger partial charge >= 0.3 is 0 Å². The summed E-state index contributed by atoms with van der Waals surface area (Å²) in [5, 5.41) is 33.4. The standard InChI is InChI=1S/C60H46N2O2.Ru/c63-59-45(35-43-23-9-13-27-49(43)57(59)55-47-25-11-7-21-41(47)31-33-51(55)39-17-3-1-4-18-39)37-61-53-29-15-16-30-54(53)62-38-46-36-44-24-10-14-28-50(44)58(60(46)64)56-48-26-12-8-22-42(48)32-34-52(56)40-19-5-2-6-20-40;/h1-14,17-28,31-38,53-54,63-64H,15-16,29-30H2;/t53-,54-;/m0./s1. The van der Waals surface area contributed by atoms with Crippen LogP contribution in [-0.4, -0.2) is 34.7 Å². The molecular formula is C60H46N2O2Ru. The average Bonchev–Trinajstić information content (AvgIpc) is 3.35. The quantitative estimate of drug-likeness (QED) is 0.118. The number of hydrogen-bond donors (Lipinski definition) is 2. The number of hydrogen-bond acceptors (Lipinski definition) is 4. The van der Waals surface area contributed by atoms with E-state index in [1.54, 1.807) is 0 Å². The molecule has 0 bridgehead atoms. The molecule has 0 radical (unpaired) electrons. The van der Waals surface area contributed by atoms with Gasteiger partial charge in [0.2, 0.25) is 0 Å². The number of aliphatic imine (C=N–C) groups is 2. The maximum atomic E-state index is 12.5. The molecule has 0 aliphatic heterocycles. The van der Waals surface area contributed by atoms with Crippen molar-refractivity contribution in [3.8, 4) is 56.0 Å². The van der Waals surface area contributed by atoms with E-state index in [4.69, 9.17) is 9.98 Å². The molecule has 0 unspecified atom stereocenters.